The molecule has 0 bridgehead atoms. The number of nitrogens with one attached hydrogen (secondary N) is 1. The second kappa shape index (κ2) is 11.7. The Hall–Kier alpha value is -3.80. The lowest BCUT2D eigenvalue weighted by atomic mass is 9.77. The van der Waals surface area contributed by atoms with E-state index in [0.717, 1.165) is 66.8 Å². The quantitative estimate of drug-likeness (QED) is 0.340. The van der Waals surface area contributed by atoms with Crippen molar-refractivity contribution >= 4 is 23.4 Å². The van der Waals surface area contributed by atoms with Crippen LogP contribution in [-0.4, -0.2) is 29.8 Å². The largest absolute Gasteiger partial charge is 0.486 e. The van der Waals surface area contributed by atoms with E-state index in [1.165, 1.54) is 5.56 Å². The second-order valence-corrected chi connectivity index (χ2v) is 10.6. The number of hydrogen-bond donors (Lipinski definition) is 2. The SMILES string of the molecule is CCCC1CN(C(=O)Nc2ccccc2)c2ccc(-c3ccc(C4CCC(CC(=O)O)CC4)cc3)cc2O1. The van der Waals surface area contributed by atoms with Crippen molar-refractivity contribution in [2.45, 2.75) is 63.9 Å². The van der Waals surface area contributed by atoms with Gasteiger partial charge in [0.1, 0.15) is 11.9 Å². The molecule has 2 amide bonds. The van der Waals surface area contributed by atoms with Crippen LogP contribution in [0, 0.1) is 5.92 Å². The fourth-order valence-electron chi connectivity index (χ4n) is 5.80. The van der Waals surface area contributed by atoms with E-state index in [1.807, 2.05) is 42.5 Å². The van der Waals surface area contributed by atoms with Crippen LogP contribution in [0.2, 0.25) is 0 Å². The number of ether oxygens (including phenoxy) is 1. The van der Waals surface area contributed by atoms with Crippen molar-refractivity contribution in [1.82, 2.24) is 0 Å². The van der Waals surface area contributed by atoms with Crippen LogP contribution in [0.4, 0.5) is 16.2 Å². The first-order valence-electron chi connectivity index (χ1n) is 13.8. The molecule has 38 heavy (non-hydrogen) atoms. The van der Waals surface area contributed by atoms with Gasteiger partial charge >= 0.3 is 12.0 Å². The first kappa shape index (κ1) is 25.8. The molecule has 0 radical (unpaired) electrons. The van der Waals surface area contributed by atoms with Crippen LogP contribution in [0.3, 0.4) is 0 Å². The summed E-state index contributed by atoms with van der Waals surface area (Å²) in [5, 5.41) is 12.1. The van der Waals surface area contributed by atoms with E-state index in [2.05, 4.69) is 42.6 Å². The number of para-hydroxylation sites is 1. The number of carbonyl (C=O) groups excluding carboxylic acids is 1. The van der Waals surface area contributed by atoms with Gasteiger partial charge in [0, 0.05) is 12.1 Å². The lowest BCUT2D eigenvalue weighted by Gasteiger charge is -2.35. The lowest BCUT2D eigenvalue weighted by molar-refractivity contribution is -0.138. The van der Waals surface area contributed by atoms with Gasteiger partial charge in [-0.25, -0.2) is 4.79 Å². The molecule has 2 N–H and O–H groups in total. The molecule has 1 fully saturated rings. The van der Waals surface area contributed by atoms with E-state index >= 15 is 0 Å². The topological polar surface area (TPSA) is 78.9 Å². The van der Waals surface area contributed by atoms with Crippen LogP contribution in [0.15, 0.2) is 72.8 Å². The van der Waals surface area contributed by atoms with Crippen LogP contribution in [0.5, 0.6) is 5.75 Å². The highest BCUT2D eigenvalue weighted by molar-refractivity contribution is 6.03. The predicted octanol–water partition coefficient (Wildman–Crippen LogP) is 7.70. The minimum absolute atomic E-state index is 0.0529. The van der Waals surface area contributed by atoms with Gasteiger partial charge in [0.15, 0.2) is 0 Å². The van der Waals surface area contributed by atoms with Gasteiger partial charge in [-0.15, -0.1) is 0 Å². The third-order valence-electron chi connectivity index (χ3n) is 7.84. The lowest BCUT2D eigenvalue weighted by Crippen LogP contribution is -2.45. The van der Waals surface area contributed by atoms with E-state index < -0.39 is 5.97 Å². The number of amides is 2. The minimum Gasteiger partial charge on any atom is -0.486 e. The van der Waals surface area contributed by atoms with E-state index in [1.54, 1.807) is 4.90 Å². The van der Waals surface area contributed by atoms with Gasteiger partial charge in [0.2, 0.25) is 0 Å². The molecule has 0 aromatic heterocycles. The number of carbonyl (C=O) groups is 2. The Morgan fingerprint density at radius 2 is 1.66 bits per heavy atom. The molecule has 1 aliphatic carbocycles. The number of aliphatic carboxylic acids is 1. The molecule has 5 rings (SSSR count). The van der Waals surface area contributed by atoms with Crippen LogP contribution < -0.4 is 15.0 Å². The van der Waals surface area contributed by atoms with Gasteiger partial charge in [-0.2, -0.15) is 0 Å². The first-order chi connectivity index (χ1) is 18.5. The number of nitrogens with zero attached hydrogens (tertiary/aromatic N) is 1. The molecule has 1 atom stereocenters. The van der Waals surface area contributed by atoms with Crippen molar-refractivity contribution in [3.05, 3.63) is 78.4 Å². The summed E-state index contributed by atoms with van der Waals surface area (Å²) in [6.45, 7) is 2.64. The molecule has 6 nitrogen and oxygen atoms in total. The molecule has 3 aromatic carbocycles. The highest BCUT2D eigenvalue weighted by Gasteiger charge is 2.30. The second-order valence-electron chi connectivity index (χ2n) is 10.6. The smallest absolute Gasteiger partial charge is 0.326 e. The Morgan fingerprint density at radius 3 is 2.34 bits per heavy atom. The number of hydrogen-bond acceptors (Lipinski definition) is 3. The van der Waals surface area contributed by atoms with Crippen LogP contribution in [0.1, 0.15) is 63.4 Å². The van der Waals surface area contributed by atoms with Gasteiger partial charge < -0.3 is 15.2 Å². The summed E-state index contributed by atoms with van der Waals surface area (Å²) in [7, 11) is 0. The van der Waals surface area contributed by atoms with E-state index in [9.17, 15) is 9.59 Å². The van der Waals surface area contributed by atoms with Gasteiger partial charge in [-0.05, 0) is 84.9 Å². The summed E-state index contributed by atoms with van der Waals surface area (Å²) in [5.74, 6) is 0.848. The zero-order chi connectivity index (χ0) is 26.5. The van der Waals surface area contributed by atoms with Gasteiger partial charge in [-0.1, -0.05) is 61.9 Å². The molecule has 1 unspecified atom stereocenters. The molecule has 0 spiro atoms. The maximum absolute atomic E-state index is 13.2. The van der Waals surface area contributed by atoms with Crippen molar-refractivity contribution in [1.29, 1.82) is 0 Å². The van der Waals surface area contributed by atoms with Gasteiger partial charge in [0.25, 0.3) is 0 Å². The van der Waals surface area contributed by atoms with Crippen LogP contribution >= 0.6 is 0 Å². The number of anilines is 2. The molecular formula is C32H36N2O4. The normalized spacial score (nSPS) is 20.8. The standard InChI is InChI=1S/C32H36N2O4/c1-2-6-28-21-34(32(37)33-27-7-4-3-5-8-27)29-18-17-26(20-30(29)38-28)25-15-13-24(14-16-25)23-11-9-22(10-12-23)19-31(35)36/h3-5,7-8,13-18,20,22-23,28H,2,6,9-12,19,21H2,1H3,(H,33,37)(H,35,36). The number of fused-ring (bicyclic) bond motifs is 1. The summed E-state index contributed by atoms with van der Waals surface area (Å²) in [6, 6.07) is 24.2. The van der Waals surface area contributed by atoms with Crippen LogP contribution in [-0.2, 0) is 4.79 Å². The van der Waals surface area contributed by atoms with Crippen molar-refractivity contribution in [2.24, 2.45) is 5.92 Å². The van der Waals surface area contributed by atoms with Crippen LogP contribution in [0.25, 0.3) is 11.1 Å². The molecule has 3 aromatic rings. The van der Waals surface area contributed by atoms with Crippen molar-refractivity contribution in [3.63, 3.8) is 0 Å². The number of benzene rings is 3. The predicted molar refractivity (Wildman–Crippen MR) is 151 cm³/mol. The van der Waals surface area contributed by atoms with E-state index in [4.69, 9.17) is 9.84 Å². The molecule has 198 valence electrons. The highest BCUT2D eigenvalue weighted by atomic mass is 16.5. The summed E-state index contributed by atoms with van der Waals surface area (Å²) in [4.78, 5) is 26.0. The monoisotopic (exact) mass is 512 g/mol. The zero-order valence-corrected chi connectivity index (χ0v) is 21.9. The van der Waals surface area contributed by atoms with Crippen molar-refractivity contribution in [2.75, 3.05) is 16.8 Å². The van der Waals surface area contributed by atoms with E-state index in [-0.39, 0.29) is 18.6 Å². The molecule has 1 saturated carbocycles. The maximum atomic E-state index is 13.2. The fraction of sp³-hybridized carbons (Fsp3) is 0.375. The summed E-state index contributed by atoms with van der Waals surface area (Å²) in [6.07, 6.45) is 6.14. The molecule has 0 saturated heterocycles. The highest BCUT2D eigenvalue weighted by Crippen LogP contribution is 2.40. The summed E-state index contributed by atoms with van der Waals surface area (Å²) in [5.41, 5.74) is 5.04. The first-order valence-corrected chi connectivity index (χ1v) is 13.8. The average molecular weight is 513 g/mol. The Balaban J connectivity index is 1.32. The molecule has 2 aliphatic rings. The number of rotatable bonds is 7. The fourth-order valence-corrected chi connectivity index (χ4v) is 5.80. The minimum atomic E-state index is -0.687. The van der Waals surface area contributed by atoms with Crippen molar-refractivity contribution in [3.8, 4) is 16.9 Å². The maximum Gasteiger partial charge on any atom is 0.326 e. The number of carboxylic acids is 1. The van der Waals surface area contributed by atoms with Gasteiger partial charge in [0.05, 0.1) is 12.2 Å². The van der Waals surface area contributed by atoms with Gasteiger partial charge in [-0.3, -0.25) is 9.69 Å². The molecule has 6 heteroatoms. The Kier molecular flexibility index (Phi) is 7.97. The van der Waals surface area contributed by atoms with Crippen molar-refractivity contribution < 1.29 is 19.4 Å². The molecule has 1 aliphatic heterocycles. The number of carboxylic acid groups (broad SMARTS) is 1. The molecular weight excluding hydrogens is 476 g/mol. The zero-order valence-electron chi connectivity index (χ0n) is 21.9. The van der Waals surface area contributed by atoms with E-state index in [0.29, 0.717) is 18.4 Å². The Labute approximate surface area is 224 Å². The number of urea groups is 1. The average Bonchev–Trinajstić information content (AvgIpc) is 2.93. The summed E-state index contributed by atoms with van der Waals surface area (Å²) < 4.78 is 6.36. The Bertz CT molecular complexity index is 1250. The molecule has 1 heterocycles. The Morgan fingerprint density at radius 1 is 0.947 bits per heavy atom. The third-order valence-corrected chi connectivity index (χ3v) is 7.84. The summed E-state index contributed by atoms with van der Waals surface area (Å²) >= 11 is 0. The third kappa shape index (κ3) is 6.01.